The second kappa shape index (κ2) is 12.3. The summed E-state index contributed by atoms with van der Waals surface area (Å²) in [6.45, 7) is 1.53. The molecule has 1 N–H and O–H groups in total. The number of hydrogen-bond acceptors (Lipinski definition) is 4. The summed E-state index contributed by atoms with van der Waals surface area (Å²) in [4.78, 5) is 11.8. The van der Waals surface area contributed by atoms with E-state index in [0.717, 1.165) is 44.0 Å². The van der Waals surface area contributed by atoms with Gasteiger partial charge in [-0.15, -0.1) is 11.8 Å². The van der Waals surface area contributed by atoms with Gasteiger partial charge < -0.3 is 14.6 Å². The maximum atomic E-state index is 13.6. The van der Waals surface area contributed by atoms with E-state index in [4.69, 9.17) is 14.6 Å². The zero-order valence-corrected chi connectivity index (χ0v) is 21.4. The molecule has 0 aliphatic carbocycles. The van der Waals surface area contributed by atoms with E-state index in [1.165, 1.54) is 12.1 Å². The molecule has 4 nitrogen and oxygen atoms in total. The Bertz CT molecular complexity index is 1380. The molecule has 188 valence electrons. The van der Waals surface area contributed by atoms with E-state index in [-0.39, 0.29) is 12.4 Å². The van der Waals surface area contributed by atoms with Gasteiger partial charge in [-0.25, -0.2) is 9.18 Å². The zero-order chi connectivity index (χ0) is 26.2. The molecule has 0 amide bonds. The first-order valence-corrected chi connectivity index (χ1v) is 12.7. The maximum Gasteiger partial charge on any atom is 0.341 e. The summed E-state index contributed by atoms with van der Waals surface area (Å²) in [7, 11) is 1.65. The number of ether oxygens (including phenoxy) is 2. The number of rotatable bonds is 10. The molecule has 6 heteroatoms. The third-order valence-electron chi connectivity index (χ3n) is 5.81. The molecule has 4 rings (SSSR count). The van der Waals surface area contributed by atoms with Crippen molar-refractivity contribution < 1.29 is 23.8 Å². The van der Waals surface area contributed by atoms with Crippen molar-refractivity contribution in [2.45, 2.75) is 11.8 Å². The highest BCUT2D eigenvalue weighted by atomic mass is 32.2. The van der Waals surface area contributed by atoms with E-state index in [0.29, 0.717) is 11.5 Å². The summed E-state index contributed by atoms with van der Waals surface area (Å²) < 4.78 is 24.2. The molecule has 0 unspecified atom stereocenters. The van der Waals surface area contributed by atoms with Gasteiger partial charge >= 0.3 is 5.97 Å². The molecule has 0 saturated carbocycles. The van der Waals surface area contributed by atoms with Crippen LogP contribution in [0.4, 0.5) is 4.39 Å². The first-order valence-electron chi connectivity index (χ1n) is 11.7. The molecular formula is C31H27FO4S. The second-order valence-corrected chi connectivity index (χ2v) is 9.44. The lowest BCUT2D eigenvalue weighted by molar-refractivity contribution is -0.139. The predicted octanol–water partition coefficient (Wildman–Crippen LogP) is 7.50. The van der Waals surface area contributed by atoms with Gasteiger partial charge in [0.25, 0.3) is 0 Å². The van der Waals surface area contributed by atoms with Crippen molar-refractivity contribution in [1.82, 2.24) is 0 Å². The molecular weight excluding hydrogens is 487 g/mol. The Morgan fingerprint density at radius 3 is 2.05 bits per heavy atom. The van der Waals surface area contributed by atoms with Crippen LogP contribution in [-0.2, 0) is 4.79 Å². The van der Waals surface area contributed by atoms with Crippen molar-refractivity contribution in [2.75, 3.05) is 19.5 Å². The average Bonchev–Trinajstić information content (AvgIpc) is 2.91. The number of thioether (sulfide) groups is 1. The second-order valence-electron chi connectivity index (χ2n) is 8.35. The number of halogens is 1. The number of aryl methyl sites for hydroxylation is 1. The van der Waals surface area contributed by atoms with Crippen LogP contribution in [0.2, 0.25) is 0 Å². The number of carboxylic acids is 1. The smallest absolute Gasteiger partial charge is 0.341 e. The van der Waals surface area contributed by atoms with Gasteiger partial charge in [-0.1, -0.05) is 54.6 Å². The normalized spacial score (nSPS) is 11.3. The van der Waals surface area contributed by atoms with Gasteiger partial charge in [-0.05, 0) is 82.8 Å². The van der Waals surface area contributed by atoms with Gasteiger partial charge in [0, 0.05) is 10.6 Å². The minimum absolute atomic E-state index is 0.270. The first-order chi connectivity index (χ1) is 17.9. The van der Waals surface area contributed by atoms with Gasteiger partial charge in [0.05, 0.1) is 7.11 Å². The fourth-order valence-corrected chi connectivity index (χ4v) is 4.76. The third-order valence-corrected chi connectivity index (χ3v) is 6.73. The standard InChI is InChI=1S/C31H27FO4S/c1-21-19-28(15-16-30(21)36-20-31(33)34)37-18-17-29(25-7-11-26(32)12-8-25)24-5-3-22(4-6-24)23-9-13-27(35-2)14-10-23/h3-17,19H,18,20H2,1-2H3,(H,33,34)/b29-17-. The zero-order valence-electron chi connectivity index (χ0n) is 20.6. The summed E-state index contributed by atoms with van der Waals surface area (Å²) >= 11 is 1.66. The number of methoxy groups -OCH3 is 1. The monoisotopic (exact) mass is 514 g/mol. The minimum atomic E-state index is -1.01. The number of hydrogen-bond donors (Lipinski definition) is 1. The lowest BCUT2D eigenvalue weighted by Crippen LogP contribution is -2.09. The van der Waals surface area contributed by atoms with Crippen molar-refractivity contribution in [3.63, 3.8) is 0 Å². The largest absolute Gasteiger partial charge is 0.497 e. The molecule has 0 aliphatic rings. The number of carboxylic acid groups (broad SMARTS) is 1. The first kappa shape index (κ1) is 26.0. The summed E-state index contributed by atoms with van der Waals surface area (Å²) in [5.41, 5.74) is 6.07. The van der Waals surface area contributed by atoms with Crippen LogP contribution in [0.5, 0.6) is 11.5 Å². The molecule has 37 heavy (non-hydrogen) atoms. The Hall–Kier alpha value is -4.03. The summed E-state index contributed by atoms with van der Waals surface area (Å²) in [5.74, 6) is 0.798. The van der Waals surface area contributed by atoms with Crippen LogP contribution in [-0.4, -0.2) is 30.5 Å². The highest BCUT2D eigenvalue weighted by molar-refractivity contribution is 7.99. The minimum Gasteiger partial charge on any atom is -0.497 e. The quantitative estimate of drug-likeness (QED) is 0.222. The molecule has 0 fully saturated rings. The maximum absolute atomic E-state index is 13.6. The summed E-state index contributed by atoms with van der Waals surface area (Å²) in [6, 6.07) is 28.5. The van der Waals surface area contributed by atoms with Gasteiger partial charge in [0.2, 0.25) is 0 Å². The van der Waals surface area contributed by atoms with E-state index >= 15 is 0 Å². The molecule has 0 heterocycles. The van der Waals surface area contributed by atoms with Crippen molar-refractivity contribution in [3.05, 3.63) is 120 Å². The van der Waals surface area contributed by atoms with Crippen LogP contribution >= 0.6 is 11.8 Å². The van der Waals surface area contributed by atoms with Crippen molar-refractivity contribution in [1.29, 1.82) is 0 Å². The van der Waals surface area contributed by atoms with Crippen molar-refractivity contribution >= 4 is 23.3 Å². The number of benzene rings is 4. The Balaban J connectivity index is 1.54. The van der Waals surface area contributed by atoms with Crippen LogP contribution in [0, 0.1) is 12.7 Å². The van der Waals surface area contributed by atoms with Gasteiger partial charge in [0.15, 0.2) is 6.61 Å². The summed E-state index contributed by atoms with van der Waals surface area (Å²) in [5, 5.41) is 8.82. The molecule has 0 aliphatic heterocycles. The SMILES string of the molecule is COc1ccc(-c2ccc(/C(=C/CSc3ccc(OCC(=O)O)c(C)c3)c3ccc(F)cc3)cc2)cc1. The fraction of sp³-hybridized carbons (Fsp3) is 0.129. The van der Waals surface area contributed by atoms with Crippen LogP contribution in [0.3, 0.4) is 0 Å². The molecule has 0 atom stereocenters. The van der Waals surface area contributed by atoms with E-state index in [1.54, 1.807) is 37.1 Å². The van der Waals surface area contributed by atoms with E-state index in [9.17, 15) is 9.18 Å². The Kier molecular flexibility index (Phi) is 8.64. The predicted molar refractivity (Wildman–Crippen MR) is 147 cm³/mol. The van der Waals surface area contributed by atoms with Crippen molar-refractivity contribution in [2.24, 2.45) is 0 Å². The summed E-state index contributed by atoms with van der Waals surface area (Å²) in [6.07, 6.45) is 2.14. The van der Waals surface area contributed by atoms with Gasteiger partial charge in [0.1, 0.15) is 17.3 Å². The number of aliphatic carboxylic acids is 1. The Morgan fingerprint density at radius 2 is 1.49 bits per heavy atom. The molecule has 0 bridgehead atoms. The number of carbonyl (C=O) groups is 1. The van der Waals surface area contributed by atoms with Crippen LogP contribution in [0.15, 0.2) is 102 Å². The molecule has 0 radical (unpaired) electrons. The fourth-order valence-electron chi connectivity index (χ4n) is 3.89. The molecule has 4 aromatic carbocycles. The van der Waals surface area contributed by atoms with E-state index < -0.39 is 5.97 Å². The van der Waals surface area contributed by atoms with E-state index in [2.05, 4.69) is 30.3 Å². The Labute approximate surface area is 220 Å². The lowest BCUT2D eigenvalue weighted by atomic mass is 9.95. The van der Waals surface area contributed by atoms with Crippen LogP contribution in [0.1, 0.15) is 16.7 Å². The topological polar surface area (TPSA) is 55.8 Å². The third kappa shape index (κ3) is 7.02. The molecule has 0 aromatic heterocycles. The van der Waals surface area contributed by atoms with Crippen molar-refractivity contribution in [3.8, 4) is 22.6 Å². The molecule has 4 aromatic rings. The molecule has 0 saturated heterocycles. The van der Waals surface area contributed by atoms with Gasteiger partial charge in [-0.2, -0.15) is 0 Å². The average molecular weight is 515 g/mol. The highest BCUT2D eigenvalue weighted by Gasteiger charge is 2.08. The van der Waals surface area contributed by atoms with Crippen LogP contribution < -0.4 is 9.47 Å². The van der Waals surface area contributed by atoms with E-state index in [1.807, 2.05) is 43.3 Å². The van der Waals surface area contributed by atoms with Gasteiger partial charge in [-0.3, -0.25) is 0 Å². The molecule has 0 spiro atoms. The highest BCUT2D eigenvalue weighted by Crippen LogP contribution is 2.30. The Morgan fingerprint density at radius 1 is 0.892 bits per heavy atom. The van der Waals surface area contributed by atoms with Crippen LogP contribution in [0.25, 0.3) is 16.7 Å². The lowest BCUT2D eigenvalue weighted by Gasteiger charge is -2.11.